The van der Waals surface area contributed by atoms with E-state index in [2.05, 4.69) is 26.9 Å². The maximum atomic E-state index is 8.87. The first kappa shape index (κ1) is 13.4. The van der Waals surface area contributed by atoms with E-state index in [1.54, 1.807) is 11.3 Å². The Morgan fingerprint density at radius 3 is 2.84 bits per heavy atom. The number of oxime groups is 1. The topological polar surface area (TPSA) is 61.9 Å². The third kappa shape index (κ3) is 3.06. The Hall–Kier alpha value is -2.01. The Balaban J connectivity index is 2.34. The minimum atomic E-state index is 0.132. The number of amidine groups is 1. The third-order valence-electron chi connectivity index (χ3n) is 2.95. The van der Waals surface area contributed by atoms with Gasteiger partial charge in [0, 0.05) is 24.8 Å². The molecule has 0 atom stereocenters. The van der Waals surface area contributed by atoms with Crippen molar-refractivity contribution in [3.05, 3.63) is 51.7 Å². The van der Waals surface area contributed by atoms with Gasteiger partial charge in [-0.25, -0.2) is 0 Å². The van der Waals surface area contributed by atoms with E-state index in [4.69, 9.17) is 10.9 Å². The van der Waals surface area contributed by atoms with Crippen LogP contribution in [0.15, 0.2) is 40.2 Å². The summed E-state index contributed by atoms with van der Waals surface area (Å²) in [5.74, 6) is 0.132. The van der Waals surface area contributed by atoms with Crippen molar-refractivity contribution in [3.63, 3.8) is 0 Å². The first-order valence-electron chi connectivity index (χ1n) is 5.92. The summed E-state index contributed by atoms with van der Waals surface area (Å²) in [5.41, 5.74) is 9.82. The SMILES string of the molecule is Cc1ccc(C(N)=NO)c(N(C)Cc2ccsc2)c1. The molecule has 100 valence electrons. The van der Waals surface area contributed by atoms with Crippen molar-refractivity contribution in [2.75, 3.05) is 11.9 Å². The molecule has 0 radical (unpaired) electrons. The van der Waals surface area contributed by atoms with Gasteiger partial charge in [0.25, 0.3) is 0 Å². The van der Waals surface area contributed by atoms with E-state index in [0.29, 0.717) is 0 Å². The Kier molecular flexibility index (Phi) is 4.06. The molecule has 0 fully saturated rings. The van der Waals surface area contributed by atoms with Crippen LogP contribution in [0, 0.1) is 6.92 Å². The second-order valence-corrected chi connectivity index (χ2v) is 5.27. The van der Waals surface area contributed by atoms with Crippen LogP contribution in [0.25, 0.3) is 0 Å². The lowest BCUT2D eigenvalue weighted by Gasteiger charge is -2.22. The average molecular weight is 275 g/mol. The standard InChI is InChI=1S/C14H17N3OS/c1-10-3-4-12(14(15)16-18)13(7-10)17(2)8-11-5-6-19-9-11/h3-7,9,18H,8H2,1-2H3,(H2,15,16). The molecule has 0 aliphatic rings. The maximum Gasteiger partial charge on any atom is 0.172 e. The lowest BCUT2D eigenvalue weighted by Crippen LogP contribution is -2.22. The largest absolute Gasteiger partial charge is 0.409 e. The molecule has 19 heavy (non-hydrogen) atoms. The predicted octanol–water partition coefficient (Wildman–Crippen LogP) is 2.79. The van der Waals surface area contributed by atoms with Crippen LogP contribution in [-0.2, 0) is 6.54 Å². The first-order chi connectivity index (χ1) is 9.11. The highest BCUT2D eigenvalue weighted by atomic mass is 32.1. The summed E-state index contributed by atoms with van der Waals surface area (Å²) >= 11 is 1.68. The number of nitrogens with zero attached hydrogens (tertiary/aromatic N) is 2. The molecule has 3 N–H and O–H groups in total. The summed E-state index contributed by atoms with van der Waals surface area (Å²) in [7, 11) is 2.00. The van der Waals surface area contributed by atoms with Gasteiger partial charge in [0.15, 0.2) is 5.84 Å². The van der Waals surface area contributed by atoms with Gasteiger partial charge in [-0.15, -0.1) is 0 Å². The van der Waals surface area contributed by atoms with E-state index >= 15 is 0 Å². The summed E-state index contributed by atoms with van der Waals surface area (Å²) < 4.78 is 0. The Bertz CT molecular complexity index is 578. The van der Waals surface area contributed by atoms with E-state index in [0.717, 1.165) is 23.4 Å². The summed E-state index contributed by atoms with van der Waals surface area (Å²) in [6.45, 7) is 2.82. The zero-order valence-electron chi connectivity index (χ0n) is 11.0. The molecule has 0 saturated carbocycles. The minimum absolute atomic E-state index is 0.132. The fourth-order valence-electron chi connectivity index (χ4n) is 1.97. The van der Waals surface area contributed by atoms with Gasteiger partial charge in [-0.3, -0.25) is 0 Å². The van der Waals surface area contributed by atoms with Gasteiger partial charge >= 0.3 is 0 Å². The van der Waals surface area contributed by atoms with Crippen LogP contribution in [0.5, 0.6) is 0 Å². The van der Waals surface area contributed by atoms with Crippen LogP contribution in [0.3, 0.4) is 0 Å². The highest BCUT2D eigenvalue weighted by Crippen LogP contribution is 2.23. The third-order valence-corrected chi connectivity index (χ3v) is 3.68. The summed E-state index contributed by atoms with van der Waals surface area (Å²) in [6.07, 6.45) is 0. The molecule has 0 amide bonds. The molecule has 0 bridgehead atoms. The monoisotopic (exact) mass is 275 g/mol. The van der Waals surface area contributed by atoms with Gasteiger partial charge in [0.05, 0.1) is 0 Å². The van der Waals surface area contributed by atoms with Gasteiger partial charge in [-0.05, 0) is 47.0 Å². The smallest absolute Gasteiger partial charge is 0.172 e. The second-order valence-electron chi connectivity index (χ2n) is 4.49. The van der Waals surface area contributed by atoms with Crippen LogP contribution in [-0.4, -0.2) is 18.1 Å². The van der Waals surface area contributed by atoms with Crippen molar-refractivity contribution >= 4 is 22.9 Å². The van der Waals surface area contributed by atoms with Gasteiger partial charge < -0.3 is 15.8 Å². The molecule has 0 unspecified atom stereocenters. The fourth-order valence-corrected chi connectivity index (χ4v) is 2.63. The zero-order valence-corrected chi connectivity index (χ0v) is 11.8. The number of thiophene rings is 1. The quantitative estimate of drug-likeness (QED) is 0.390. The lowest BCUT2D eigenvalue weighted by molar-refractivity contribution is 0.318. The van der Waals surface area contributed by atoms with Crippen molar-refractivity contribution in [2.45, 2.75) is 13.5 Å². The molecule has 0 aliphatic heterocycles. The van der Waals surface area contributed by atoms with E-state index in [1.807, 2.05) is 32.2 Å². The number of hydrogen-bond donors (Lipinski definition) is 2. The average Bonchev–Trinajstić information content (AvgIpc) is 2.90. The fraction of sp³-hybridized carbons (Fsp3) is 0.214. The second kappa shape index (κ2) is 5.75. The zero-order chi connectivity index (χ0) is 13.8. The van der Waals surface area contributed by atoms with Gasteiger partial charge in [0.2, 0.25) is 0 Å². The van der Waals surface area contributed by atoms with Crippen LogP contribution >= 0.6 is 11.3 Å². The van der Waals surface area contributed by atoms with Crippen LogP contribution in [0.1, 0.15) is 16.7 Å². The molecule has 2 aromatic rings. The highest BCUT2D eigenvalue weighted by molar-refractivity contribution is 7.07. The molecule has 0 spiro atoms. The number of benzene rings is 1. The molecule has 1 aromatic carbocycles. The predicted molar refractivity (Wildman–Crippen MR) is 80.1 cm³/mol. The number of anilines is 1. The Morgan fingerprint density at radius 2 is 2.21 bits per heavy atom. The molecule has 1 heterocycles. The van der Waals surface area contributed by atoms with Crippen molar-refractivity contribution in [3.8, 4) is 0 Å². The number of aryl methyl sites for hydroxylation is 1. The van der Waals surface area contributed by atoms with Crippen molar-refractivity contribution in [2.24, 2.45) is 10.9 Å². The Labute approximate surface area is 116 Å². The van der Waals surface area contributed by atoms with Crippen LogP contribution in [0.2, 0.25) is 0 Å². The van der Waals surface area contributed by atoms with E-state index in [1.165, 1.54) is 5.56 Å². The molecular formula is C14H17N3OS. The summed E-state index contributed by atoms with van der Waals surface area (Å²) in [4.78, 5) is 2.10. The van der Waals surface area contributed by atoms with Crippen molar-refractivity contribution < 1.29 is 5.21 Å². The van der Waals surface area contributed by atoms with Crippen molar-refractivity contribution in [1.29, 1.82) is 0 Å². The van der Waals surface area contributed by atoms with Crippen LogP contribution in [0.4, 0.5) is 5.69 Å². The lowest BCUT2D eigenvalue weighted by atomic mass is 10.1. The molecule has 5 heteroatoms. The van der Waals surface area contributed by atoms with Crippen molar-refractivity contribution in [1.82, 2.24) is 0 Å². The highest BCUT2D eigenvalue weighted by Gasteiger charge is 2.12. The van der Waals surface area contributed by atoms with Crippen LogP contribution < -0.4 is 10.6 Å². The van der Waals surface area contributed by atoms with E-state index < -0.39 is 0 Å². The van der Waals surface area contributed by atoms with E-state index in [-0.39, 0.29) is 5.84 Å². The minimum Gasteiger partial charge on any atom is -0.409 e. The molecule has 4 nitrogen and oxygen atoms in total. The van der Waals surface area contributed by atoms with E-state index in [9.17, 15) is 0 Å². The first-order valence-corrected chi connectivity index (χ1v) is 6.87. The molecule has 0 saturated heterocycles. The molecule has 0 aliphatic carbocycles. The number of nitrogens with two attached hydrogens (primary N) is 1. The summed E-state index contributed by atoms with van der Waals surface area (Å²) in [6, 6.07) is 7.97. The normalized spacial score (nSPS) is 11.6. The Morgan fingerprint density at radius 1 is 1.42 bits per heavy atom. The molecule has 2 rings (SSSR count). The maximum absolute atomic E-state index is 8.87. The van der Waals surface area contributed by atoms with Gasteiger partial charge in [-0.1, -0.05) is 11.2 Å². The number of rotatable bonds is 4. The molecular weight excluding hydrogens is 258 g/mol. The van der Waals surface area contributed by atoms with Gasteiger partial charge in [-0.2, -0.15) is 11.3 Å². The summed E-state index contributed by atoms with van der Waals surface area (Å²) in [5, 5.41) is 16.1. The molecule has 1 aromatic heterocycles. The number of hydrogen-bond acceptors (Lipinski definition) is 4. The van der Waals surface area contributed by atoms with Gasteiger partial charge in [0.1, 0.15) is 0 Å².